The second-order valence-electron chi connectivity index (χ2n) is 5.15. The van der Waals surface area contributed by atoms with Crippen molar-refractivity contribution in [2.24, 2.45) is 0 Å². The zero-order valence-corrected chi connectivity index (χ0v) is 16.6. The Labute approximate surface area is 153 Å². The molecule has 0 aromatic heterocycles. The second-order valence-corrected chi connectivity index (χ2v) is 7.07. The Morgan fingerprint density at radius 1 is 0.375 bits per heavy atom. The number of rotatable bonds is 0. The largest absolute Gasteiger partial charge is 0 e. The van der Waals surface area contributed by atoms with Gasteiger partial charge in [0.05, 0.1) is 0 Å². The van der Waals surface area contributed by atoms with E-state index in [1.165, 1.54) is 51.4 Å². The van der Waals surface area contributed by atoms with Crippen LogP contribution in [-0.4, -0.2) is 0 Å². The van der Waals surface area contributed by atoms with E-state index in [1.807, 2.05) is 0 Å². The molecule has 0 fully saturated rings. The van der Waals surface area contributed by atoms with Gasteiger partial charge in [-0.3, -0.25) is 0 Å². The van der Waals surface area contributed by atoms with Crippen molar-refractivity contribution in [3.63, 3.8) is 0 Å². The first-order chi connectivity index (χ1) is 10.4. The van der Waals surface area contributed by atoms with Gasteiger partial charge in [0.1, 0.15) is 0 Å². The molecule has 0 bridgehead atoms. The topological polar surface area (TPSA) is 0 Å². The maximum absolute atomic E-state index is 10.7. The van der Waals surface area contributed by atoms with E-state index in [-0.39, 0.29) is 20.1 Å². The van der Waals surface area contributed by atoms with Gasteiger partial charge in [0.25, 0.3) is 0 Å². The molecule has 0 unspecified atom stereocenters. The fourth-order valence-corrected chi connectivity index (χ4v) is 1.71. The van der Waals surface area contributed by atoms with Crippen molar-refractivity contribution in [3.05, 3.63) is 48.6 Å². The number of hydrogen-bond donors (Lipinski definition) is 0. The summed E-state index contributed by atoms with van der Waals surface area (Å²) in [4.78, 5) is 0. The maximum atomic E-state index is 9.87. The molecule has 0 N–H and O–H groups in total. The molecule has 0 atom stereocenters. The van der Waals surface area contributed by atoms with Crippen molar-refractivity contribution >= 4 is 7.81 Å². The summed E-state index contributed by atoms with van der Waals surface area (Å²) in [5.74, 6) is 0. The molecule has 145 valence electrons. The average molecular weight is 554 g/mol. The summed E-state index contributed by atoms with van der Waals surface area (Å²) in [6, 6.07) is 0. The minimum Gasteiger partial charge on any atom is 0 e. The van der Waals surface area contributed by atoms with Gasteiger partial charge in [-0.25, -0.2) is 0 Å². The molecule has 0 spiro atoms. The third kappa shape index (κ3) is 37.7. The summed E-state index contributed by atoms with van der Waals surface area (Å²) in [5, 5.41) is 0. The SMILES string of the molecule is C1=CCCC=CCC1.C1=CCCC=CCC1.F[P-](F)(F)(F)(F)F.[Ir]. The predicted octanol–water partition coefficient (Wildman–Crippen LogP) is 8.73. The third-order valence-corrected chi connectivity index (χ3v) is 2.67. The van der Waals surface area contributed by atoms with Crippen molar-refractivity contribution in [1.82, 2.24) is 0 Å². The Morgan fingerprint density at radius 2 is 0.458 bits per heavy atom. The molecule has 8 heteroatoms. The quantitative estimate of drug-likeness (QED) is 0.160. The van der Waals surface area contributed by atoms with E-state index in [1.54, 1.807) is 0 Å². The van der Waals surface area contributed by atoms with Crippen LogP contribution in [0.5, 0.6) is 0 Å². The van der Waals surface area contributed by atoms with Crippen LogP contribution in [0.3, 0.4) is 0 Å². The molecular weight excluding hydrogens is 529 g/mol. The Morgan fingerprint density at radius 3 is 0.542 bits per heavy atom. The van der Waals surface area contributed by atoms with Crippen molar-refractivity contribution in [3.8, 4) is 0 Å². The van der Waals surface area contributed by atoms with Crippen LogP contribution in [0.1, 0.15) is 51.4 Å². The standard InChI is InChI=1S/2C8H12.F6P.Ir/c2*1-2-4-6-8-7-5-3-1;1-7(2,3,4,5)6;/h2*1-2,7-8H,3-6H2;;/q;;-1;. The van der Waals surface area contributed by atoms with Crippen LogP contribution in [0.25, 0.3) is 0 Å². The van der Waals surface area contributed by atoms with Crippen LogP contribution >= 0.6 is 7.81 Å². The summed E-state index contributed by atoms with van der Waals surface area (Å²) in [7, 11) is -10.7. The average Bonchev–Trinajstić information content (AvgIpc) is 2.22. The van der Waals surface area contributed by atoms with Gasteiger partial charge < -0.3 is 0 Å². The van der Waals surface area contributed by atoms with Crippen molar-refractivity contribution in [1.29, 1.82) is 0 Å². The van der Waals surface area contributed by atoms with E-state index in [4.69, 9.17) is 0 Å². The van der Waals surface area contributed by atoms with Gasteiger partial charge in [-0.15, -0.1) is 0 Å². The van der Waals surface area contributed by atoms with Crippen LogP contribution in [0, 0.1) is 0 Å². The first kappa shape index (κ1) is 25.9. The van der Waals surface area contributed by atoms with Gasteiger partial charge >= 0.3 is 33.0 Å². The van der Waals surface area contributed by atoms with Crippen molar-refractivity contribution in [2.45, 2.75) is 51.4 Å². The molecule has 0 heterocycles. The predicted molar refractivity (Wildman–Crippen MR) is 87.1 cm³/mol. The fraction of sp³-hybridized carbons (Fsp3) is 0.500. The van der Waals surface area contributed by atoms with E-state index < -0.39 is 7.81 Å². The van der Waals surface area contributed by atoms with Crippen LogP contribution in [0.15, 0.2) is 48.6 Å². The van der Waals surface area contributed by atoms with Gasteiger partial charge in [0, 0.05) is 20.1 Å². The molecule has 2 rings (SSSR count). The van der Waals surface area contributed by atoms with Gasteiger partial charge in [-0.1, -0.05) is 48.6 Å². The van der Waals surface area contributed by atoms with E-state index in [0.717, 1.165) is 0 Å². The summed E-state index contributed by atoms with van der Waals surface area (Å²) in [6.07, 6.45) is 28.0. The van der Waals surface area contributed by atoms with Gasteiger partial charge in [0.2, 0.25) is 0 Å². The summed E-state index contributed by atoms with van der Waals surface area (Å²) in [5.41, 5.74) is 0. The maximum Gasteiger partial charge on any atom is 0 e. The normalized spacial score (nSPS) is 20.1. The molecule has 0 saturated carbocycles. The molecule has 1 radical (unpaired) electrons. The molecule has 0 amide bonds. The molecule has 0 aromatic rings. The Bertz CT molecular complexity index is 343. The molecule has 0 nitrogen and oxygen atoms in total. The summed E-state index contributed by atoms with van der Waals surface area (Å²) >= 11 is 0. The van der Waals surface area contributed by atoms with E-state index >= 15 is 0 Å². The monoisotopic (exact) mass is 554 g/mol. The van der Waals surface area contributed by atoms with E-state index in [2.05, 4.69) is 48.6 Å². The van der Waals surface area contributed by atoms with Crippen LogP contribution in [0.4, 0.5) is 25.2 Å². The molecule has 0 aromatic carbocycles. The molecule has 2 aliphatic rings. The smallest absolute Gasteiger partial charge is 0 e. The first-order valence-electron chi connectivity index (χ1n) is 7.61. The zero-order chi connectivity index (χ0) is 17.7. The second kappa shape index (κ2) is 11.3. The van der Waals surface area contributed by atoms with Gasteiger partial charge in [-0.2, -0.15) is 0 Å². The number of allylic oxidation sites excluding steroid dienone is 8. The number of halogens is 6. The summed E-state index contributed by atoms with van der Waals surface area (Å²) < 4.78 is 59.2. The molecular formula is C16H24F6IrP-. The molecule has 0 aliphatic heterocycles. The fourth-order valence-electron chi connectivity index (χ4n) is 1.71. The minimum absolute atomic E-state index is 0. The molecule has 24 heavy (non-hydrogen) atoms. The van der Waals surface area contributed by atoms with Crippen molar-refractivity contribution < 1.29 is 45.3 Å². The van der Waals surface area contributed by atoms with Crippen molar-refractivity contribution in [2.75, 3.05) is 0 Å². The minimum atomic E-state index is -10.7. The summed E-state index contributed by atoms with van der Waals surface area (Å²) in [6.45, 7) is 0. The first-order valence-corrected chi connectivity index (χ1v) is 9.64. The van der Waals surface area contributed by atoms with E-state index in [9.17, 15) is 25.2 Å². The van der Waals surface area contributed by atoms with Crippen LogP contribution in [-0.2, 0) is 20.1 Å². The third-order valence-electron chi connectivity index (χ3n) is 2.67. The van der Waals surface area contributed by atoms with Gasteiger partial charge in [0.15, 0.2) is 0 Å². The number of hydrogen-bond acceptors (Lipinski definition) is 0. The zero-order valence-electron chi connectivity index (χ0n) is 13.3. The van der Waals surface area contributed by atoms with Gasteiger partial charge in [-0.05, 0) is 51.4 Å². The van der Waals surface area contributed by atoms with Crippen LogP contribution < -0.4 is 0 Å². The Kier molecular flexibility index (Phi) is 12.1. The Hall–Kier alpha value is -0.381. The van der Waals surface area contributed by atoms with Crippen LogP contribution in [0.2, 0.25) is 0 Å². The van der Waals surface area contributed by atoms with E-state index in [0.29, 0.717) is 0 Å². The molecule has 2 aliphatic carbocycles. The Balaban J connectivity index is 0. The molecule has 0 saturated heterocycles.